The summed E-state index contributed by atoms with van der Waals surface area (Å²) >= 11 is 1.80. The summed E-state index contributed by atoms with van der Waals surface area (Å²) in [4.78, 5) is 2.33. The zero-order chi connectivity index (χ0) is 44.7. The quantitative estimate of drug-likeness (QED) is 0.157. The Morgan fingerprint density at radius 1 is 0.404 bits per heavy atom. The highest BCUT2D eigenvalue weighted by molar-refractivity contribution is 7.26. The van der Waals surface area contributed by atoms with Crippen LogP contribution in [0.3, 0.4) is 0 Å². The van der Waals surface area contributed by atoms with E-state index < -0.39 is 24.2 Å². The zero-order valence-electron chi connectivity index (χ0n) is 38.5. The molecule has 3 heteroatoms. The molecule has 0 aliphatic rings. The van der Waals surface area contributed by atoms with E-state index in [9.17, 15) is 0 Å². The van der Waals surface area contributed by atoms with E-state index in [1.807, 2.05) is 54.6 Å². The monoisotopic (exact) mass is 752 g/mol. The molecule has 0 radical (unpaired) electrons. The van der Waals surface area contributed by atoms with Crippen LogP contribution in [0.4, 0.5) is 17.1 Å². The van der Waals surface area contributed by atoms with Gasteiger partial charge in [-0.3, -0.25) is 0 Å². The highest BCUT2D eigenvalue weighted by Gasteiger charge is 2.19. The molecule has 0 amide bonds. The van der Waals surface area contributed by atoms with Crippen molar-refractivity contribution < 1.29 is 11.0 Å². The van der Waals surface area contributed by atoms with Crippen LogP contribution in [0.1, 0.15) is 11.0 Å². The van der Waals surface area contributed by atoms with Crippen molar-refractivity contribution in [1.29, 1.82) is 0 Å². The number of hydrogen-bond acceptors (Lipinski definition) is 2. The van der Waals surface area contributed by atoms with Crippen LogP contribution in [0.25, 0.3) is 81.0 Å². The van der Waals surface area contributed by atoms with Crippen molar-refractivity contribution in [2.24, 2.45) is 0 Å². The lowest BCUT2D eigenvalue weighted by molar-refractivity contribution is 1.18. The van der Waals surface area contributed by atoms with Crippen molar-refractivity contribution in [3.05, 3.63) is 218 Å². The Hall–Kier alpha value is -7.20. The number of fused-ring (bicyclic) bond motifs is 6. The van der Waals surface area contributed by atoms with Gasteiger partial charge in [0, 0.05) is 43.2 Å². The van der Waals surface area contributed by atoms with Crippen LogP contribution in [-0.4, -0.2) is 4.57 Å². The Labute approximate surface area is 347 Å². The highest BCUT2D eigenvalue weighted by Crippen LogP contribution is 2.45. The summed E-state index contributed by atoms with van der Waals surface area (Å²) in [5, 5.41) is 2.56. The van der Waals surface area contributed by atoms with Crippen LogP contribution < -0.4 is 4.90 Å². The van der Waals surface area contributed by atoms with E-state index in [1.165, 1.54) is 20.2 Å². The van der Waals surface area contributed by atoms with Crippen molar-refractivity contribution in [2.75, 3.05) is 4.90 Å². The third-order valence-corrected chi connectivity index (χ3v) is 11.9. The average molecular weight is 753 g/mol. The molecule has 0 N–H and O–H groups in total. The van der Waals surface area contributed by atoms with Crippen LogP contribution in [0.2, 0.25) is 0 Å². The van der Waals surface area contributed by atoms with E-state index in [0.29, 0.717) is 5.69 Å². The first-order chi connectivity index (χ1) is 31.6. The van der Waals surface area contributed by atoms with Gasteiger partial charge in [0.2, 0.25) is 0 Å². The van der Waals surface area contributed by atoms with E-state index >= 15 is 0 Å². The van der Waals surface area contributed by atoms with Gasteiger partial charge in [-0.05, 0) is 82.4 Å². The van der Waals surface area contributed by atoms with Gasteiger partial charge in [0.1, 0.15) is 0 Å². The maximum absolute atomic E-state index is 9.00. The average Bonchev–Trinajstić information content (AvgIpc) is 3.92. The van der Waals surface area contributed by atoms with Crippen molar-refractivity contribution in [1.82, 2.24) is 4.57 Å². The number of benzene rings is 9. The summed E-state index contributed by atoms with van der Waals surface area (Å²) in [5.41, 5.74) is 9.70. The van der Waals surface area contributed by atoms with E-state index in [4.69, 9.17) is 11.0 Å². The Morgan fingerprint density at radius 2 is 0.912 bits per heavy atom. The molecule has 0 aliphatic carbocycles. The van der Waals surface area contributed by atoms with Crippen LogP contribution in [0, 0.1) is 0 Å². The van der Waals surface area contributed by atoms with E-state index in [1.54, 1.807) is 15.9 Å². The zero-order valence-corrected chi connectivity index (χ0v) is 31.3. The molecule has 0 fully saturated rings. The molecule has 9 aromatic carbocycles. The van der Waals surface area contributed by atoms with Crippen molar-refractivity contribution >= 4 is 70.4 Å². The maximum atomic E-state index is 9.00. The number of aromatic nitrogens is 1. The largest absolute Gasteiger partial charge is 0.309 e. The van der Waals surface area contributed by atoms with Gasteiger partial charge in [-0.15, -0.1) is 11.3 Å². The van der Waals surface area contributed by atoms with E-state index in [0.717, 1.165) is 50.4 Å². The predicted octanol–water partition coefficient (Wildman–Crippen LogP) is 15.6. The molecule has 0 atom stereocenters. The molecule has 57 heavy (non-hydrogen) atoms. The minimum absolute atomic E-state index is 0.0508. The van der Waals surface area contributed by atoms with E-state index in [2.05, 4.69) is 120 Å². The van der Waals surface area contributed by atoms with Crippen LogP contribution in [0.15, 0.2) is 218 Å². The Kier molecular flexibility index (Phi) is 6.26. The number of para-hydroxylation sites is 3. The van der Waals surface area contributed by atoms with Gasteiger partial charge in [-0.1, -0.05) is 164 Å². The predicted molar refractivity (Wildman–Crippen MR) is 245 cm³/mol. The molecule has 0 saturated heterocycles. The Balaban J connectivity index is 0.997. The van der Waals surface area contributed by atoms with Crippen LogP contribution in [0.5, 0.6) is 0 Å². The molecular formula is C54H36N2S. The number of nitrogens with zero attached hydrogens (tertiary/aromatic N) is 2. The molecule has 11 aromatic rings. The lowest BCUT2D eigenvalue weighted by atomic mass is 9.98. The summed E-state index contributed by atoms with van der Waals surface area (Å²) in [6.07, 6.45) is 0. The molecule has 11 rings (SSSR count). The smallest absolute Gasteiger partial charge is 0.0645 e. The standard InChI is InChI=1S/C54H36N2S/c1-2-13-37(14-3-1)39-29-33-42(34-30-39)55(52-23-12-19-48-47-18-7-11-24-53(47)57-54(48)52)43-35-31-40(32-36-43)38-25-27-41(28-26-38)44-15-4-8-20-49(44)56-50-21-9-5-16-45(50)46-17-6-10-22-51(46)56/h1-36H/i5D,6D,9D,10D,16D,17D,21D,22D. The second kappa shape index (κ2) is 13.8. The lowest BCUT2D eigenvalue weighted by Gasteiger charge is -2.26. The summed E-state index contributed by atoms with van der Waals surface area (Å²) in [6.45, 7) is 0. The SMILES string of the molecule is [2H]c1c([2H])c([2H])c2c(c1[2H])c1c([2H])c([2H])c([2H])c([2H])c1n2-c1ccccc1-c1ccc(-c2ccc(N(c3ccc(-c4ccccc4)cc3)c3cccc4c3sc3ccccc34)cc2)cc1. The molecule has 0 bridgehead atoms. The van der Waals surface area contributed by atoms with Gasteiger partial charge >= 0.3 is 0 Å². The van der Waals surface area contributed by atoms with Crippen LogP contribution >= 0.6 is 11.3 Å². The van der Waals surface area contributed by atoms with Gasteiger partial charge < -0.3 is 9.47 Å². The summed E-state index contributed by atoms with van der Waals surface area (Å²) in [6, 6.07) is 55.1. The molecule has 2 nitrogen and oxygen atoms in total. The summed E-state index contributed by atoms with van der Waals surface area (Å²) in [5.74, 6) is 0. The normalized spacial score (nSPS) is 13.5. The molecule has 268 valence electrons. The second-order valence-corrected chi connectivity index (χ2v) is 15.0. The fourth-order valence-corrected chi connectivity index (χ4v) is 9.20. The molecule has 0 aliphatic heterocycles. The lowest BCUT2D eigenvalue weighted by Crippen LogP contribution is -2.10. The highest BCUT2D eigenvalue weighted by atomic mass is 32.1. The molecular weight excluding hydrogens is 709 g/mol. The fourth-order valence-electron chi connectivity index (χ4n) is 7.99. The number of hydrogen-bond donors (Lipinski definition) is 0. The number of rotatable bonds is 7. The van der Waals surface area contributed by atoms with Gasteiger partial charge in [-0.2, -0.15) is 0 Å². The van der Waals surface area contributed by atoms with Gasteiger partial charge in [0.15, 0.2) is 0 Å². The summed E-state index contributed by atoms with van der Waals surface area (Å²) < 4.78 is 73.7. The summed E-state index contributed by atoms with van der Waals surface area (Å²) in [7, 11) is 0. The van der Waals surface area contributed by atoms with Gasteiger partial charge in [0.05, 0.1) is 38.1 Å². The fraction of sp³-hybridized carbons (Fsp3) is 0. The molecule has 0 saturated carbocycles. The number of thiophene rings is 1. The van der Waals surface area contributed by atoms with Crippen LogP contribution in [-0.2, 0) is 0 Å². The Morgan fingerprint density at radius 3 is 1.58 bits per heavy atom. The van der Waals surface area contributed by atoms with Crippen molar-refractivity contribution in [3.63, 3.8) is 0 Å². The maximum Gasteiger partial charge on any atom is 0.0645 e. The third kappa shape index (κ3) is 5.71. The first-order valence-electron chi connectivity index (χ1n) is 22.8. The topological polar surface area (TPSA) is 8.17 Å². The van der Waals surface area contributed by atoms with Crippen molar-refractivity contribution in [3.8, 4) is 39.1 Å². The minimum atomic E-state index is -0.468. The molecule has 2 aromatic heterocycles. The van der Waals surface area contributed by atoms with Gasteiger partial charge in [0.25, 0.3) is 0 Å². The third-order valence-electron chi connectivity index (χ3n) is 10.7. The first-order valence-corrected chi connectivity index (χ1v) is 19.6. The molecule has 2 heterocycles. The van der Waals surface area contributed by atoms with E-state index in [-0.39, 0.29) is 46.0 Å². The van der Waals surface area contributed by atoms with Gasteiger partial charge in [-0.25, -0.2) is 0 Å². The molecule has 0 spiro atoms. The first kappa shape index (κ1) is 25.8. The Bertz CT molecular complexity index is 3600. The van der Waals surface area contributed by atoms with Crippen molar-refractivity contribution in [2.45, 2.75) is 0 Å². The minimum Gasteiger partial charge on any atom is -0.309 e. The second-order valence-electron chi connectivity index (χ2n) is 13.9. The molecule has 0 unspecified atom stereocenters. The number of anilines is 3.